The molecule has 0 saturated carbocycles. The lowest BCUT2D eigenvalue weighted by atomic mass is 10.0. The van der Waals surface area contributed by atoms with Gasteiger partial charge in [-0.1, -0.05) is 35.4 Å². The minimum absolute atomic E-state index is 0.175. The average Bonchev–Trinajstić information content (AvgIpc) is 2.97. The third-order valence-electron chi connectivity index (χ3n) is 4.28. The van der Waals surface area contributed by atoms with E-state index < -0.39 is 10.0 Å². The largest absolute Gasteiger partial charge is 0.243 e. The van der Waals surface area contributed by atoms with Crippen molar-refractivity contribution in [1.29, 1.82) is 0 Å². The van der Waals surface area contributed by atoms with Crippen molar-refractivity contribution in [3.63, 3.8) is 0 Å². The molecule has 1 aliphatic rings. The van der Waals surface area contributed by atoms with Crippen LogP contribution in [0.3, 0.4) is 0 Å². The van der Waals surface area contributed by atoms with Crippen LogP contribution in [-0.4, -0.2) is 24.3 Å². The van der Waals surface area contributed by atoms with Crippen molar-refractivity contribution in [2.75, 3.05) is 6.54 Å². The van der Waals surface area contributed by atoms with Crippen LogP contribution in [0.15, 0.2) is 41.3 Å². The van der Waals surface area contributed by atoms with Crippen LogP contribution in [0.1, 0.15) is 35.7 Å². The zero-order valence-electron chi connectivity index (χ0n) is 13.2. The fourth-order valence-electron chi connectivity index (χ4n) is 3.08. The van der Waals surface area contributed by atoms with Crippen LogP contribution in [0, 0.1) is 13.8 Å². The fourth-order valence-corrected chi connectivity index (χ4v) is 4.94. The maximum Gasteiger partial charge on any atom is 0.243 e. The lowest BCUT2D eigenvalue weighted by Crippen LogP contribution is -2.31. The van der Waals surface area contributed by atoms with Gasteiger partial charge >= 0.3 is 0 Å². The number of hydrogen-bond acceptors (Lipinski definition) is 3. The predicted molar refractivity (Wildman–Crippen MR) is 91.0 cm³/mol. The molecule has 2 heterocycles. The van der Waals surface area contributed by atoms with Crippen LogP contribution in [0.2, 0.25) is 5.15 Å². The summed E-state index contributed by atoms with van der Waals surface area (Å²) < 4.78 is 27.6. The molecule has 1 aromatic heterocycles. The van der Waals surface area contributed by atoms with Crippen molar-refractivity contribution in [2.24, 2.45) is 0 Å². The molecule has 0 bridgehead atoms. The highest BCUT2D eigenvalue weighted by atomic mass is 35.5. The van der Waals surface area contributed by atoms with E-state index in [4.69, 9.17) is 11.6 Å². The molecule has 0 radical (unpaired) electrons. The first-order valence-electron chi connectivity index (χ1n) is 7.61. The van der Waals surface area contributed by atoms with Gasteiger partial charge in [-0.2, -0.15) is 4.31 Å². The third kappa shape index (κ3) is 3.13. The average molecular weight is 351 g/mol. The second-order valence-electron chi connectivity index (χ2n) is 5.90. The minimum atomic E-state index is -3.51. The lowest BCUT2D eigenvalue weighted by molar-refractivity contribution is 0.395. The molecular formula is C17H19ClN2O2S. The van der Waals surface area contributed by atoms with E-state index in [2.05, 4.69) is 4.98 Å². The van der Waals surface area contributed by atoms with Crippen molar-refractivity contribution in [1.82, 2.24) is 9.29 Å². The number of benzene rings is 1. The maximum atomic E-state index is 13.0. The van der Waals surface area contributed by atoms with E-state index in [1.54, 1.807) is 22.5 Å². The molecule has 4 nitrogen and oxygen atoms in total. The monoisotopic (exact) mass is 350 g/mol. The zero-order valence-corrected chi connectivity index (χ0v) is 14.7. The van der Waals surface area contributed by atoms with E-state index in [9.17, 15) is 8.42 Å². The van der Waals surface area contributed by atoms with Crippen molar-refractivity contribution in [3.8, 4) is 0 Å². The van der Waals surface area contributed by atoms with Gasteiger partial charge in [-0.15, -0.1) is 0 Å². The van der Waals surface area contributed by atoms with Gasteiger partial charge in [0.05, 0.1) is 10.9 Å². The Morgan fingerprint density at radius 2 is 1.83 bits per heavy atom. The van der Waals surface area contributed by atoms with E-state index in [0.29, 0.717) is 16.6 Å². The quantitative estimate of drug-likeness (QED) is 0.789. The van der Waals surface area contributed by atoms with Crippen molar-refractivity contribution in [2.45, 2.75) is 37.6 Å². The predicted octanol–water partition coefficient (Wildman–Crippen LogP) is 3.88. The molecule has 0 aliphatic carbocycles. The summed E-state index contributed by atoms with van der Waals surface area (Å²) in [5.41, 5.74) is 2.76. The smallest absolute Gasteiger partial charge is 0.241 e. The van der Waals surface area contributed by atoms with Crippen LogP contribution in [0.5, 0.6) is 0 Å². The Hall–Kier alpha value is -1.43. The molecule has 122 valence electrons. The Morgan fingerprint density at radius 1 is 1.13 bits per heavy atom. The molecule has 1 saturated heterocycles. The standard InChI is InChI=1S/C17H19ClN2O2S/c1-12-5-7-14(8-6-12)23(21,22)20-11-3-4-16(20)15-9-10-17(18)19-13(15)2/h5-10,16H,3-4,11H2,1-2H3/t16-/m1/s1. The number of rotatable bonds is 3. The summed E-state index contributed by atoms with van der Waals surface area (Å²) in [5, 5.41) is 0.428. The minimum Gasteiger partial charge on any atom is -0.241 e. The molecule has 0 amide bonds. The highest BCUT2D eigenvalue weighted by Crippen LogP contribution is 2.37. The van der Waals surface area contributed by atoms with Gasteiger partial charge in [0.15, 0.2) is 0 Å². The van der Waals surface area contributed by atoms with Crippen LogP contribution in [-0.2, 0) is 10.0 Å². The summed E-state index contributed by atoms with van der Waals surface area (Å²) in [6.45, 7) is 4.34. The first-order valence-corrected chi connectivity index (χ1v) is 9.43. The van der Waals surface area contributed by atoms with Crippen LogP contribution in [0.25, 0.3) is 0 Å². The summed E-state index contributed by atoms with van der Waals surface area (Å²) in [5.74, 6) is 0. The van der Waals surface area contributed by atoms with Crippen LogP contribution < -0.4 is 0 Å². The second kappa shape index (κ2) is 6.23. The molecule has 2 aromatic rings. The normalized spacial score (nSPS) is 19.2. The summed E-state index contributed by atoms with van der Waals surface area (Å²) >= 11 is 5.92. The van der Waals surface area contributed by atoms with E-state index >= 15 is 0 Å². The Kier molecular flexibility index (Phi) is 4.45. The van der Waals surface area contributed by atoms with Gasteiger partial charge in [-0.25, -0.2) is 13.4 Å². The summed E-state index contributed by atoms with van der Waals surface area (Å²) in [6, 6.07) is 10.4. The summed E-state index contributed by atoms with van der Waals surface area (Å²) in [7, 11) is -3.51. The van der Waals surface area contributed by atoms with Gasteiger partial charge in [0.2, 0.25) is 10.0 Å². The molecule has 1 atom stereocenters. The topological polar surface area (TPSA) is 50.3 Å². The fraction of sp³-hybridized carbons (Fsp3) is 0.353. The number of halogens is 1. The van der Waals surface area contributed by atoms with Gasteiger partial charge in [0.25, 0.3) is 0 Å². The Labute approximate surface area is 142 Å². The van der Waals surface area contributed by atoms with E-state index in [1.165, 1.54) is 0 Å². The number of pyridine rings is 1. The highest BCUT2D eigenvalue weighted by molar-refractivity contribution is 7.89. The van der Waals surface area contributed by atoms with Crippen molar-refractivity contribution < 1.29 is 8.42 Å². The van der Waals surface area contributed by atoms with E-state index in [-0.39, 0.29) is 6.04 Å². The number of sulfonamides is 1. The molecule has 0 spiro atoms. The van der Waals surface area contributed by atoms with Crippen LogP contribution in [0.4, 0.5) is 0 Å². The first-order chi connectivity index (χ1) is 10.9. The molecule has 0 unspecified atom stereocenters. The summed E-state index contributed by atoms with van der Waals surface area (Å²) in [4.78, 5) is 4.61. The SMILES string of the molecule is Cc1ccc(S(=O)(=O)N2CCC[C@@H]2c2ccc(Cl)nc2C)cc1. The molecule has 23 heavy (non-hydrogen) atoms. The number of nitrogens with zero attached hydrogens (tertiary/aromatic N) is 2. The highest BCUT2D eigenvalue weighted by Gasteiger charge is 2.36. The molecule has 0 N–H and O–H groups in total. The molecule has 1 aromatic carbocycles. The molecule has 3 rings (SSSR count). The van der Waals surface area contributed by atoms with Crippen molar-refractivity contribution >= 4 is 21.6 Å². The van der Waals surface area contributed by atoms with Gasteiger partial charge in [-0.3, -0.25) is 0 Å². The zero-order chi connectivity index (χ0) is 16.6. The van der Waals surface area contributed by atoms with Crippen LogP contribution >= 0.6 is 11.6 Å². The third-order valence-corrected chi connectivity index (χ3v) is 6.42. The second-order valence-corrected chi connectivity index (χ2v) is 8.17. The van der Waals surface area contributed by atoms with Gasteiger partial charge in [0.1, 0.15) is 5.15 Å². The summed E-state index contributed by atoms with van der Waals surface area (Å²) in [6.07, 6.45) is 1.65. The van der Waals surface area contributed by atoms with E-state index in [1.807, 2.05) is 32.0 Å². The lowest BCUT2D eigenvalue weighted by Gasteiger charge is -2.25. The van der Waals surface area contributed by atoms with Gasteiger partial charge < -0.3 is 0 Å². The molecule has 1 fully saturated rings. The number of aryl methyl sites for hydroxylation is 2. The molecular weight excluding hydrogens is 332 g/mol. The Balaban J connectivity index is 1.99. The molecule has 6 heteroatoms. The number of aromatic nitrogens is 1. The maximum absolute atomic E-state index is 13.0. The van der Waals surface area contributed by atoms with Crippen molar-refractivity contribution in [3.05, 3.63) is 58.4 Å². The first kappa shape index (κ1) is 16.4. The van der Waals surface area contributed by atoms with E-state index in [0.717, 1.165) is 29.7 Å². The van der Waals surface area contributed by atoms with Gasteiger partial charge in [-0.05, 0) is 50.5 Å². The Bertz CT molecular complexity index is 819. The molecule has 1 aliphatic heterocycles. The van der Waals surface area contributed by atoms with Gasteiger partial charge in [0, 0.05) is 12.2 Å². The number of hydrogen-bond donors (Lipinski definition) is 0. The Morgan fingerprint density at radius 3 is 2.48 bits per heavy atom.